The summed E-state index contributed by atoms with van der Waals surface area (Å²) < 4.78 is 5.46. The number of hydrogen-bond acceptors (Lipinski definition) is 4. The quantitative estimate of drug-likeness (QED) is 0.614. The largest absolute Gasteiger partial charge is 0.465 e. The van der Waals surface area contributed by atoms with Gasteiger partial charge in [-0.05, 0) is 66.7 Å². The van der Waals surface area contributed by atoms with Crippen LogP contribution in [0.5, 0.6) is 0 Å². The van der Waals surface area contributed by atoms with Gasteiger partial charge in [0.15, 0.2) is 0 Å². The van der Waals surface area contributed by atoms with Crippen LogP contribution in [0.15, 0.2) is 18.2 Å². The van der Waals surface area contributed by atoms with Gasteiger partial charge >= 0.3 is 5.97 Å². The zero-order valence-electron chi connectivity index (χ0n) is 11.2. The Kier molecular flexibility index (Phi) is 5.36. The molecule has 1 saturated heterocycles. The molecule has 0 spiro atoms. The summed E-state index contributed by atoms with van der Waals surface area (Å²) in [5.41, 5.74) is 1.22. The lowest BCUT2D eigenvalue weighted by Crippen LogP contribution is -2.34. The van der Waals surface area contributed by atoms with Gasteiger partial charge < -0.3 is 15.4 Å². The van der Waals surface area contributed by atoms with Crippen LogP contribution in [0, 0.1) is 9.49 Å². The number of anilines is 1. The van der Waals surface area contributed by atoms with E-state index < -0.39 is 0 Å². The molecule has 2 N–H and O–H groups in total. The van der Waals surface area contributed by atoms with Crippen molar-refractivity contribution in [2.24, 2.45) is 5.92 Å². The first kappa shape index (κ1) is 15.2. The number of amides is 1. The third-order valence-corrected chi connectivity index (χ3v) is 4.24. The van der Waals surface area contributed by atoms with Crippen LogP contribution in [-0.2, 0) is 9.53 Å². The van der Waals surface area contributed by atoms with Crippen molar-refractivity contribution < 1.29 is 14.3 Å². The molecule has 5 nitrogen and oxygen atoms in total. The van der Waals surface area contributed by atoms with E-state index in [4.69, 9.17) is 4.74 Å². The van der Waals surface area contributed by atoms with E-state index in [2.05, 4.69) is 33.2 Å². The number of rotatable bonds is 3. The van der Waals surface area contributed by atoms with E-state index in [1.165, 1.54) is 7.11 Å². The summed E-state index contributed by atoms with van der Waals surface area (Å²) in [6, 6.07) is 5.19. The molecule has 1 fully saturated rings. The van der Waals surface area contributed by atoms with Gasteiger partial charge in [0.2, 0.25) is 5.91 Å². The molecule has 1 heterocycles. The van der Waals surface area contributed by atoms with Crippen molar-refractivity contribution in [3.8, 4) is 0 Å². The van der Waals surface area contributed by atoms with Gasteiger partial charge in [-0.3, -0.25) is 4.79 Å². The van der Waals surface area contributed by atoms with Crippen LogP contribution < -0.4 is 10.6 Å². The number of nitrogens with one attached hydrogen (secondary N) is 2. The lowest BCUT2D eigenvalue weighted by molar-refractivity contribution is -0.120. The van der Waals surface area contributed by atoms with Crippen molar-refractivity contribution in [2.45, 2.75) is 12.8 Å². The van der Waals surface area contributed by atoms with E-state index in [-0.39, 0.29) is 17.8 Å². The van der Waals surface area contributed by atoms with Crippen LogP contribution in [-0.4, -0.2) is 32.1 Å². The molecule has 0 unspecified atom stereocenters. The van der Waals surface area contributed by atoms with Crippen LogP contribution in [0.1, 0.15) is 23.2 Å². The maximum absolute atomic E-state index is 12.1. The van der Waals surface area contributed by atoms with Crippen LogP contribution >= 0.6 is 22.6 Å². The molecule has 0 aromatic heterocycles. The zero-order valence-corrected chi connectivity index (χ0v) is 13.4. The predicted octanol–water partition coefficient (Wildman–Crippen LogP) is 2.02. The fourth-order valence-corrected chi connectivity index (χ4v) is 2.93. The van der Waals surface area contributed by atoms with Gasteiger partial charge in [0.05, 0.1) is 12.7 Å². The zero-order chi connectivity index (χ0) is 14.5. The fourth-order valence-electron chi connectivity index (χ4n) is 2.20. The molecule has 1 aromatic carbocycles. The standard InChI is InChI=1S/C14H17IN2O3/c1-20-14(19)11-3-2-10(8-12(11)15)17-13(18)9-4-6-16-7-5-9/h2-3,8-9,16H,4-7H2,1H3,(H,17,18). The highest BCUT2D eigenvalue weighted by Crippen LogP contribution is 2.20. The second-order valence-electron chi connectivity index (χ2n) is 4.70. The first-order valence-corrected chi connectivity index (χ1v) is 7.59. The summed E-state index contributed by atoms with van der Waals surface area (Å²) in [7, 11) is 1.35. The second-order valence-corrected chi connectivity index (χ2v) is 5.86. The lowest BCUT2D eigenvalue weighted by atomic mass is 9.97. The molecule has 0 aliphatic carbocycles. The molecular weight excluding hydrogens is 371 g/mol. The van der Waals surface area contributed by atoms with Crippen molar-refractivity contribution in [3.63, 3.8) is 0 Å². The highest BCUT2D eigenvalue weighted by molar-refractivity contribution is 14.1. The molecular formula is C14H17IN2O3. The van der Waals surface area contributed by atoms with Crippen molar-refractivity contribution in [1.82, 2.24) is 5.32 Å². The number of carbonyl (C=O) groups is 2. The molecule has 1 aliphatic rings. The third kappa shape index (κ3) is 3.69. The normalized spacial score (nSPS) is 15.7. The Morgan fingerprint density at radius 1 is 1.35 bits per heavy atom. The minimum Gasteiger partial charge on any atom is -0.465 e. The van der Waals surface area contributed by atoms with Gasteiger partial charge in [-0.2, -0.15) is 0 Å². The van der Waals surface area contributed by atoms with Crippen molar-refractivity contribution >= 4 is 40.2 Å². The Bertz CT molecular complexity index is 513. The van der Waals surface area contributed by atoms with Gasteiger partial charge in [-0.15, -0.1) is 0 Å². The summed E-state index contributed by atoms with van der Waals surface area (Å²) in [5.74, 6) is -0.257. The molecule has 0 radical (unpaired) electrons. The number of benzene rings is 1. The topological polar surface area (TPSA) is 67.4 Å². The number of carbonyl (C=O) groups excluding carboxylic acids is 2. The number of methoxy groups -OCH3 is 1. The van der Waals surface area contributed by atoms with E-state index in [0.29, 0.717) is 11.3 Å². The maximum Gasteiger partial charge on any atom is 0.338 e. The number of halogens is 1. The Balaban J connectivity index is 2.04. The van der Waals surface area contributed by atoms with Crippen LogP contribution in [0.3, 0.4) is 0 Å². The van der Waals surface area contributed by atoms with Gasteiger partial charge in [0, 0.05) is 15.2 Å². The summed E-state index contributed by atoms with van der Waals surface area (Å²) in [5, 5.41) is 6.15. The molecule has 0 bridgehead atoms. The molecule has 2 rings (SSSR count). The summed E-state index contributed by atoms with van der Waals surface area (Å²) >= 11 is 2.06. The molecule has 0 atom stereocenters. The first-order valence-electron chi connectivity index (χ1n) is 6.51. The summed E-state index contributed by atoms with van der Waals surface area (Å²) in [4.78, 5) is 23.6. The van der Waals surface area contributed by atoms with Crippen molar-refractivity contribution in [1.29, 1.82) is 0 Å². The third-order valence-electron chi connectivity index (χ3n) is 3.35. The minimum absolute atomic E-state index is 0.0492. The molecule has 0 saturated carbocycles. The lowest BCUT2D eigenvalue weighted by Gasteiger charge is -2.21. The molecule has 1 amide bonds. The predicted molar refractivity (Wildman–Crippen MR) is 84.7 cm³/mol. The van der Waals surface area contributed by atoms with Gasteiger partial charge in [-0.25, -0.2) is 4.79 Å². The van der Waals surface area contributed by atoms with E-state index >= 15 is 0 Å². The van der Waals surface area contributed by atoms with Crippen LogP contribution in [0.25, 0.3) is 0 Å². The highest BCUT2D eigenvalue weighted by Gasteiger charge is 2.21. The Morgan fingerprint density at radius 2 is 2.05 bits per heavy atom. The molecule has 6 heteroatoms. The highest BCUT2D eigenvalue weighted by atomic mass is 127. The monoisotopic (exact) mass is 388 g/mol. The van der Waals surface area contributed by atoms with E-state index in [0.717, 1.165) is 29.5 Å². The average Bonchev–Trinajstić information content (AvgIpc) is 2.47. The van der Waals surface area contributed by atoms with Crippen LogP contribution in [0.4, 0.5) is 5.69 Å². The average molecular weight is 388 g/mol. The maximum atomic E-state index is 12.1. The Hall–Kier alpha value is -1.15. The number of ether oxygens (including phenoxy) is 1. The van der Waals surface area contributed by atoms with Gasteiger partial charge in [0.25, 0.3) is 0 Å². The molecule has 108 valence electrons. The summed E-state index contributed by atoms with van der Waals surface area (Å²) in [6.45, 7) is 1.77. The molecule has 1 aliphatic heterocycles. The Morgan fingerprint density at radius 3 is 2.65 bits per heavy atom. The smallest absolute Gasteiger partial charge is 0.338 e. The van der Waals surface area contributed by atoms with E-state index in [1.807, 2.05) is 0 Å². The van der Waals surface area contributed by atoms with Crippen molar-refractivity contribution in [2.75, 3.05) is 25.5 Å². The van der Waals surface area contributed by atoms with Crippen molar-refractivity contribution in [3.05, 3.63) is 27.3 Å². The fraction of sp³-hybridized carbons (Fsp3) is 0.429. The Labute approximate surface area is 131 Å². The number of hydrogen-bond donors (Lipinski definition) is 2. The second kappa shape index (κ2) is 7.03. The molecule has 20 heavy (non-hydrogen) atoms. The van der Waals surface area contributed by atoms with Crippen LogP contribution in [0.2, 0.25) is 0 Å². The number of esters is 1. The number of piperidine rings is 1. The SMILES string of the molecule is COC(=O)c1ccc(NC(=O)C2CCNCC2)cc1I. The summed E-state index contributed by atoms with van der Waals surface area (Å²) in [6.07, 6.45) is 1.73. The first-order chi connectivity index (χ1) is 9.61. The minimum atomic E-state index is -0.370. The van der Waals surface area contributed by atoms with E-state index in [1.54, 1.807) is 18.2 Å². The molecule has 1 aromatic rings. The van der Waals surface area contributed by atoms with Gasteiger partial charge in [0.1, 0.15) is 0 Å². The van der Waals surface area contributed by atoms with Gasteiger partial charge in [-0.1, -0.05) is 0 Å². The van der Waals surface area contributed by atoms with E-state index in [9.17, 15) is 9.59 Å².